The fourth-order valence-corrected chi connectivity index (χ4v) is 5.34. The minimum absolute atomic E-state index is 0.216. The second-order valence-corrected chi connectivity index (χ2v) is 8.18. The van der Waals surface area contributed by atoms with Gasteiger partial charge in [-0.25, -0.2) is 4.79 Å². The Morgan fingerprint density at radius 1 is 1.06 bits per heavy atom. The molecule has 32 heavy (non-hydrogen) atoms. The molecule has 1 unspecified atom stereocenters. The van der Waals surface area contributed by atoms with Gasteiger partial charge in [-0.15, -0.1) is 0 Å². The largest absolute Gasteiger partial charge is 0.478 e. The number of rotatable bonds is 4. The summed E-state index contributed by atoms with van der Waals surface area (Å²) in [5, 5.41) is 12.0. The molecule has 0 aliphatic carbocycles. The lowest BCUT2D eigenvalue weighted by atomic mass is 9.65. The molecule has 0 saturated heterocycles. The topological polar surface area (TPSA) is 92.9 Å². The number of carboxylic acid groups (broad SMARTS) is 1. The van der Waals surface area contributed by atoms with Gasteiger partial charge in [-0.2, -0.15) is 0 Å². The second-order valence-electron chi connectivity index (χ2n) is 8.18. The number of nitrogens with zero attached hydrogens (tertiary/aromatic N) is 1. The highest BCUT2D eigenvalue weighted by molar-refractivity contribution is 6.20. The molecule has 1 amide bonds. The Kier molecular flexibility index (Phi) is 4.48. The van der Waals surface area contributed by atoms with Crippen LogP contribution in [0.2, 0.25) is 0 Å². The zero-order valence-corrected chi connectivity index (χ0v) is 18.0. The van der Waals surface area contributed by atoms with E-state index in [0.717, 1.165) is 28.4 Å². The summed E-state index contributed by atoms with van der Waals surface area (Å²) < 4.78 is 5.84. The first-order valence-electron chi connectivity index (χ1n) is 10.8. The monoisotopic (exact) mass is 428 g/mol. The number of hydrogen-bond acceptors (Lipinski definition) is 4. The molecule has 3 N–H and O–H groups in total. The van der Waals surface area contributed by atoms with Crippen LogP contribution in [0.25, 0.3) is 10.8 Å². The van der Waals surface area contributed by atoms with E-state index in [4.69, 9.17) is 10.5 Å². The van der Waals surface area contributed by atoms with Gasteiger partial charge in [-0.1, -0.05) is 56.3 Å². The highest BCUT2D eigenvalue weighted by Crippen LogP contribution is 2.58. The molecule has 6 heteroatoms. The van der Waals surface area contributed by atoms with Crippen LogP contribution in [0.15, 0.2) is 66.1 Å². The fraction of sp³-hybridized carbons (Fsp3) is 0.231. The van der Waals surface area contributed by atoms with Crippen LogP contribution < -0.4 is 15.4 Å². The third-order valence-corrected chi connectivity index (χ3v) is 6.51. The SMILES string of the molecule is CCCN1C(=O)C2(C(C(=O)O)=C(N)Oc3ccc4ccccc4c32)c2c(CC)cccc21. The maximum atomic E-state index is 14.4. The Morgan fingerprint density at radius 3 is 2.56 bits per heavy atom. The summed E-state index contributed by atoms with van der Waals surface area (Å²) in [4.78, 5) is 28.8. The van der Waals surface area contributed by atoms with E-state index in [1.165, 1.54) is 0 Å². The number of hydrogen-bond donors (Lipinski definition) is 2. The number of aliphatic carboxylic acids is 1. The van der Waals surface area contributed by atoms with Crippen LogP contribution in [0.3, 0.4) is 0 Å². The molecule has 0 fully saturated rings. The summed E-state index contributed by atoms with van der Waals surface area (Å²) in [5.74, 6) is -1.39. The first-order valence-corrected chi connectivity index (χ1v) is 10.8. The Morgan fingerprint density at radius 2 is 1.84 bits per heavy atom. The molecule has 0 radical (unpaired) electrons. The van der Waals surface area contributed by atoms with Crippen molar-refractivity contribution in [2.45, 2.75) is 32.1 Å². The summed E-state index contributed by atoms with van der Waals surface area (Å²) in [5.41, 5.74) is 7.34. The van der Waals surface area contributed by atoms with E-state index >= 15 is 0 Å². The average molecular weight is 428 g/mol. The Hall–Kier alpha value is -3.80. The fourth-order valence-electron chi connectivity index (χ4n) is 5.34. The van der Waals surface area contributed by atoms with Crippen LogP contribution in [0.5, 0.6) is 5.75 Å². The molecule has 1 atom stereocenters. The number of carbonyl (C=O) groups excluding carboxylic acids is 1. The first kappa shape index (κ1) is 20.1. The number of aryl methyl sites for hydroxylation is 1. The van der Waals surface area contributed by atoms with Crippen molar-refractivity contribution < 1.29 is 19.4 Å². The number of nitrogens with two attached hydrogens (primary N) is 1. The minimum atomic E-state index is -1.58. The number of carbonyl (C=O) groups is 2. The normalized spacial score (nSPS) is 19.3. The second kappa shape index (κ2) is 7.12. The Labute approximate surface area is 185 Å². The number of fused-ring (bicyclic) bond motifs is 6. The van der Waals surface area contributed by atoms with Crippen molar-refractivity contribution in [1.82, 2.24) is 0 Å². The third kappa shape index (κ3) is 2.40. The molecule has 2 aliphatic rings. The molecule has 2 aliphatic heterocycles. The number of carboxylic acids is 1. The van der Waals surface area contributed by atoms with E-state index in [1.54, 1.807) is 11.0 Å². The van der Waals surface area contributed by atoms with Crippen LogP contribution >= 0.6 is 0 Å². The Bertz CT molecular complexity index is 1330. The predicted octanol–water partition coefficient (Wildman–Crippen LogP) is 4.09. The molecule has 1 spiro atoms. The summed E-state index contributed by atoms with van der Waals surface area (Å²) in [6.45, 7) is 4.49. The van der Waals surface area contributed by atoms with Gasteiger partial charge < -0.3 is 20.5 Å². The number of amides is 1. The molecule has 0 aromatic heterocycles. The van der Waals surface area contributed by atoms with Gasteiger partial charge in [-0.3, -0.25) is 4.79 Å². The molecule has 162 valence electrons. The molecule has 0 saturated carbocycles. The molecule has 6 nitrogen and oxygen atoms in total. The molecule has 3 aromatic rings. The average Bonchev–Trinajstić information content (AvgIpc) is 3.02. The van der Waals surface area contributed by atoms with Gasteiger partial charge >= 0.3 is 5.97 Å². The van der Waals surface area contributed by atoms with Crippen molar-refractivity contribution >= 4 is 28.3 Å². The first-order chi connectivity index (χ1) is 15.5. The molecular weight excluding hydrogens is 404 g/mol. The third-order valence-electron chi connectivity index (χ3n) is 6.51. The van der Waals surface area contributed by atoms with Gasteiger partial charge in [0.2, 0.25) is 11.8 Å². The molecule has 0 bridgehead atoms. The van der Waals surface area contributed by atoms with Crippen molar-refractivity contribution in [2.75, 3.05) is 11.4 Å². The molecule has 5 rings (SSSR count). The smallest absolute Gasteiger partial charge is 0.338 e. The van der Waals surface area contributed by atoms with Crippen molar-refractivity contribution in [3.63, 3.8) is 0 Å². The lowest BCUT2D eigenvalue weighted by molar-refractivity contribution is -0.135. The van der Waals surface area contributed by atoms with Crippen LogP contribution in [0.4, 0.5) is 5.69 Å². The van der Waals surface area contributed by atoms with Gasteiger partial charge in [0.25, 0.3) is 0 Å². The maximum Gasteiger partial charge on any atom is 0.338 e. The summed E-state index contributed by atoms with van der Waals surface area (Å²) in [7, 11) is 0. The quantitative estimate of drug-likeness (QED) is 0.653. The van der Waals surface area contributed by atoms with E-state index in [0.29, 0.717) is 29.8 Å². The summed E-state index contributed by atoms with van der Waals surface area (Å²) in [6, 6.07) is 17.1. The standard InChI is InChI=1S/C26H24N2O4/c1-3-14-28-18-11-7-9-15(4-2)20(18)26(25(28)31)21-17-10-6-5-8-16(17)12-13-19(21)32-23(27)22(26)24(29)30/h5-13H,3-4,14,27H2,1-2H3,(H,29,30). The number of anilines is 1. The van der Waals surface area contributed by atoms with Crippen molar-refractivity contribution in [1.29, 1.82) is 0 Å². The van der Waals surface area contributed by atoms with Crippen molar-refractivity contribution in [3.05, 3.63) is 82.7 Å². The van der Waals surface area contributed by atoms with E-state index in [-0.39, 0.29) is 17.4 Å². The summed E-state index contributed by atoms with van der Waals surface area (Å²) in [6.07, 6.45) is 1.38. The van der Waals surface area contributed by atoms with E-state index in [9.17, 15) is 14.7 Å². The predicted molar refractivity (Wildman–Crippen MR) is 123 cm³/mol. The van der Waals surface area contributed by atoms with E-state index in [1.807, 2.05) is 62.4 Å². The van der Waals surface area contributed by atoms with Gasteiger partial charge in [0.05, 0.1) is 0 Å². The zero-order chi connectivity index (χ0) is 22.6. The van der Waals surface area contributed by atoms with Gasteiger partial charge in [0, 0.05) is 23.4 Å². The van der Waals surface area contributed by atoms with E-state index < -0.39 is 11.4 Å². The minimum Gasteiger partial charge on any atom is -0.478 e. The lowest BCUT2D eigenvalue weighted by Crippen LogP contribution is -2.48. The highest BCUT2D eigenvalue weighted by Gasteiger charge is 2.61. The molecule has 3 aromatic carbocycles. The van der Waals surface area contributed by atoms with Crippen molar-refractivity contribution in [3.8, 4) is 5.75 Å². The Balaban J connectivity index is 2.03. The van der Waals surface area contributed by atoms with Crippen LogP contribution in [-0.2, 0) is 21.4 Å². The van der Waals surface area contributed by atoms with Crippen LogP contribution in [0.1, 0.15) is 37.0 Å². The van der Waals surface area contributed by atoms with Crippen molar-refractivity contribution in [2.24, 2.45) is 5.73 Å². The molecular formula is C26H24N2O4. The van der Waals surface area contributed by atoms with E-state index in [2.05, 4.69) is 0 Å². The molecule has 2 heterocycles. The lowest BCUT2D eigenvalue weighted by Gasteiger charge is -2.37. The van der Waals surface area contributed by atoms with Crippen LogP contribution in [0, 0.1) is 0 Å². The van der Waals surface area contributed by atoms with Gasteiger partial charge in [0.15, 0.2) is 0 Å². The summed E-state index contributed by atoms with van der Waals surface area (Å²) >= 11 is 0. The van der Waals surface area contributed by atoms with Gasteiger partial charge in [-0.05, 0) is 41.3 Å². The van der Waals surface area contributed by atoms with Gasteiger partial charge in [0.1, 0.15) is 16.7 Å². The maximum absolute atomic E-state index is 14.4. The number of benzene rings is 3. The number of ether oxygens (including phenoxy) is 1. The highest BCUT2D eigenvalue weighted by atomic mass is 16.5. The van der Waals surface area contributed by atoms with Crippen LogP contribution in [-0.4, -0.2) is 23.5 Å². The zero-order valence-electron chi connectivity index (χ0n) is 18.0.